The van der Waals surface area contributed by atoms with Gasteiger partial charge < -0.3 is 5.32 Å². The summed E-state index contributed by atoms with van der Waals surface area (Å²) in [7, 11) is 0. The summed E-state index contributed by atoms with van der Waals surface area (Å²) in [4.78, 5) is 1.30. The topological polar surface area (TPSA) is 12.0 Å². The number of hydrogen-bond acceptors (Lipinski definition) is 2. The number of aryl methyl sites for hydroxylation is 1. The lowest BCUT2D eigenvalue weighted by Crippen LogP contribution is -2.24. The van der Waals surface area contributed by atoms with Crippen LogP contribution in [0.25, 0.3) is 0 Å². The first-order chi connectivity index (χ1) is 9.63. The summed E-state index contributed by atoms with van der Waals surface area (Å²) in [5, 5.41) is 5.87. The van der Waals surface area contributed by atoms with Crippen molar-refractivity contribution >= 4 is 22.9 Å². The van der Waals surface area contributed by atoms with Gasteiger partial charge in [0.05, 0.1) is 5.02 Å². The zero-order valence-electron chi connectivity index (χ0n) is 11.7. The Morgan fingerprint density at radius 2 is 2.15 bits per heavy atom. The molecule has 1 aromatic heterocycles. The van der Waals surface area contributed by atoms with Crippen molar-refractivity contribution in [3.05, 3.63) is 56.5 Å². The summed E-state index contributed by atoms with van der Waals surface area (Å²) in [6, 6.07) is 7.32. The molecule has 0 aliphatic rings. The normalized spacial score (nSPS) is 12.6. The zero-order chi connectivity index (χ0) is 14.5. The van der Waals surface area contributed by atoms with Gasteiger partial charge in [0.15, 0.2) is 0 Å². The number of rotatable bonds is 6. The molecule has 1 unspecified atom stereocenters. The highest BCUT2D eigenvalue weighted by atomic mass is 35.5. The first-order valence-electron chi connectivity index (χ1n) is 6.83. The molecule has 2 aromatic rings. The van der Waals surface area contributed by atoms with Crippen LogP contribution in [0.5, 0.6) is 0 Å². The molecule has 1 nitrogen and oxygen atoms in total. The third-order valence-electron chi connectivity index (χ3n) is 3.31. The maximum Gasteiger partial charge on any atom is 0.142 e. The maximum absolute atomic E-state index is 13.6. The molecule has 1 heterocycles. The van der Waals surface area contributed by atoms with E-state index in [1.807, 2.05) is 6.07 Å². The van der Waals surface area contributed by atoms with Crippen LogP contribution in [0.1, 0.15) is 35.4 Å². The average molecular weight is 312 g/mol. The molecule has 0 fully saturated rings. The molecule has 0 radical (unpaired) electrons. The number of thiophene rings is 1. The molecule has 1 atom stereocenters. The molecule has 0 saturated carbocycles. The Hall–Kier alpha value is -0.900. The van der Waals surface area contributed by atoms with Gasteiger partial charge in [0.2, 0.25) is 0 Å². The summed E-state index contributed by atoms with van der Waals surface area (Å²) in [5.74, 6) is -0.346. The van der Waals surface area contributed by atoms with Crippen molar-refractivity contribution in [2.24, 2.45) is 0 Å². The van der Waals surface area contributed by atoms with Crippen molar-refractivity contribution in [1.29, 1.82) is 0 Å². The second-order valence-corrected chi connectivity index (χ2v) is 6.22. The van der Waals surface area contributed by atoms with Gasteiger partial charge in [-0.05, 0) is 54.9 Å². The number of nitrogens with one attached hydrogen (secondary N) is 1. The minimum absolute atomic E-state index is 0.189. The Morgan fingerprint density at radius 1 is 1.35 bits per heavy atom. The lowest BCUT2D eigenvalue weighted by atomic mass is 10.0. The molecule has 0 bridgehead atoms. The van der Waals surface area contributed by atoms with Crippen molar-refractivity contribution < 1.29 is 4.39 Å². The van der Waals surface area contributed by atoms with E-state index in [2.05, 4.69) is 30.6 Å². The van der Waals surface area contributed by atoms with Crippen molar-refractivity contribution in [1.82, 2.24) is 5.32 Å². The smallest absolute Gasteiger partial charge is 0.142 e. The number of hydrogen-bond donors (Lipinski definition) is 1. The molecule has 0 spiro atoms. The summed E-state index contributed by atoms with van der Waals surface area (Å²) >= 11 is 7.81. The lowest BCUT2D eigenvalue weighted by molar-refractivity contribution is 0.532. The Labute approximate surface area is 128 Å². The molecule has 2 rings (SSSR count). The SMILES string of the molecule is CCCNC(Cc1cccc(F)c1Cl)c1sccc1C. The van der Waals surface area contributed by atoms with Gasteiger partial charge in [-0.1, -0.05) is 30.7 Å². The molecule has 0 amide bonds. The first-order valence-corrected chi connectivity index (χ1v) is 8.09. The highest BCUT2D eigenvalue weighted by molar-refractivity contribution is 7.10. The van der Waals surface area contributed by atoms with Crippen molar-refractivity contribution in [2.45, 2.75) is 32.7 Å². The minimum Gasteiger partial charge on any atom is -0.309 e. The third kappa shape index (κ3) is 3.60. The van der Waals surface area contributed by atoms with E-state index in [1.54, 1.807) is 17.4 Å². The van der Waals surface area contributed by atoms with E-state index >= 15 is 0 Å². The average Bonchev–Trinajstić information content (AvgIpc) is 2.85. The first kappa shape index (κ1) is 15.5. The second-order valence-electron chi connectivity index (χ2n) is 4.89. The van der Waals surface area contributed by atoms with E-state index in [0.717, 1.165) is 18.5 Å². The molecule has 1 N–H and O–H groups in total. The van der Waals surface area contributed by atoms with Gasteiger partial charge in [0.1, 0.15) is 5.82 Å². The third-order valence-corrected chi connectivity index (χ3v) is 4.87. The molecule has 0 aliphatic heterocycles. The van der Waals surface area contributed by atoms with E-state index in [1.165, 1.54) is 16.5 Å². The van der Waals surface area contributed by atoms with Crippen LogP contribution in [-0.4, -0.2) is 6.54 Å². The van der Waals surface area contributed by atoms with Gasteiger partial charge in [0, 0.05) is 10.9 Å². The number of halogens is 2. The Morgan fingerprint density at radius 3 is 2.80 bits per heavy atom. The highest BCUT2D eigenvalue weighted by Crippen LogP contribution is 2.30. The highest BCUT2D eigenvalue weighted by Gasteiger charge is 2.17. The van der Waals surface area contributed by atoms with Crippen molar-refractivity contribution in [2.75, 3.05) is 6.54 Å². The van der Waals surface area contributed by atoms with Crippen LogP contribution < -0.4 is 5.32 Å². The van der Waals surface area contributed by atoms with Crippen molar-refractivity contribution in [3.63, 3.8) is 0 Å². The quantitative estimate of drug-likeness (QED) is 0.779. The van der Waals surface area contributed by atoms with Gasteiger partial charge in [-0.2, -0.15) is 0 Å². The molecule has 108 valence electrons. The summed E-state index contributed by atoms with van der Waals surface area (Å²) in [6.07, 6.45) is 1.77. The van der Waals surface area contributed by atoms with Crippen LogP contribution in [0.2, 0.25) is 5.02 Å². The fourth-order valence-electron chi connectivity index (χ4n) is 2.24. The summed E-state index contributed by atoms with van der Waals surface area (Å²) in [6.45, 7) is 5.19. The predicted octanol–water partition coefficient (Wildman–Crippen LogP) is 5.13. The van der Waals surface area contributed by atoms with Gasteiger partial charge in [-0.15, -0.1) is 11.3 Å². The molecule has 4 heteroatoms. The van der Waals surface area contributed by atoms with Crippen LogP contribution in [0.15, 0.2) is 29.6 Å². The van der Waals surface area contributed by atoms with Gasteiger partial charge in [-0.3, -0.25) is 0 Å². The Balaban J connectivity index is 2.24. The monoisotopic (exact) mass is 311 g/mol. The molecule has 0 aliphatic carbocycles. The van der Waals surface area contributed by atoms with E-state index in [-0.39, 0.29) is 16.9 Å². The van der Waals surface area contributed by atoms with Gasteiger partial charge in [-0.25, -0.2) is 4.39 Å². The van der Waals surface area contributed by atoms with E-state index in [9.17, 15) is 4.39 Å². The predicted molar refractivity (Wildman–Crippen MR) is 85.2 cm³/mol. The lowest BCUT2D eigenvalue weighted by Gasteiger charge is -2.19. The van der Waals surface area contributed by atoms with Crippen molar-refractivity contribution in [3.8, 4) is 0 Å². The molecular formula is C16H19ClFNS. The Bertz CT molecular complexity index is 567. The molecule has 20 heavy (non-hydrogen) atoms. The van der Waals surface area contributed by atoms with Crippen LogP contribution >= 0.6 is 22.9 Å². The molecule has 0 saturated heterocycles. The van der Waals surface area contributed by atoms with Crippen LogP contribution in [0.4, 0.5) is 4.39 Å². The largest absolute Gasteiger partial charge is 0.309 e. The second kappa shape index (κ2) is 7.21. The van der Waals surface area contributed by atoms with Crippen LogP contribution in [0.3, 0.4) is 0 Å². The van der Waals surface area contributed by atoms with Gasteiger partial charge >= 0.3 is 0 Å². The van der Waals surface area contributed by atoms with Crippen LogP contribution in [-0.2, 0) is 6.42 Å². The fourth-order valence-corrected chi connectivity index (χ4v) is 3.45. The molecule has 1 aromatic carbocycles. The standard InChI is InChI=1S/C16H19ClFNS/c1-3-8-19-14(16-11(2)7-9-20-16)10-12-5-4-6-13(18)15(12)17/h4-7,9,14,19H,3,8,10H2,1-2H3. The molecular weight excluding hydrogens is 293 g/mol. The summed E-state index contributed by atoms with van der Waals surface area (Å²) < 4.78 is 13.6. The maximum atomic E-state index is 13.6. The van der Waals surface area contributed by atoms with Gasteiger partial charge in [0.25, 0.3) is 0 Å². The summed E-state index contributed by atoms with van der Waals surface area (Å²) in [5.41, 5.74) is 2.13. The minimum atomic E-state index is -0.346. The van der Waals surface area contributed by atoms with E-state index in [0.29, 0.717) is 6.42 Å². The Kier molecular flexibility index (Phi) is 5.58. The van der Waals surface area contributed by atoms with Crippen LogP contribution in [0, 0.1) is 12.7 Å². The zero-order valence-corrected chi connectivity index (χ0v) is 13.3. The van der Waals surface area contributed by atoms with E-state index in [4.69, 9.17) is 11.6 Å². The van der Waals surface area contributed by atoms with E-state index < -0.39 is 0 Å². The number of benzene rings is 1. The fraction of sp³-hybridized carbons (Fsp3) is 0.375.